The van der Waals surface area contributed by atoms with Crippen LogP contribution < -0.4 is 20.9 Å². The third kappa shape index (κ3) is 7.09. The zero-order chi connectivity index (χ0) is 20.5. The lowest BCUT2D eigenvalue weighted by molar-refractivity contribution is -0.122. The van der Waals surface area contributed by atoms with E-state index in [0.717, 1.165) is 0 Å². The van der Waals surface area contributed by atoms with Crippen LogP contribution in [0.25, 0.3) is 0 Å². The summed E-state index contributed by atoms with van der Waals surface area (Å²) in [5.41, 5.74) is 5.45. The molecule has 2 aromatic rings. The fourth-order valence-corrected chi connectivity index (χ4v) is 2.67. The summed E-state index contributed by atoms with van der Waals surface area (Å²) < 4.78 is 5.49. The summed E-state index contributed by atoms with van der Waals surface area (Å²) in [6.45, 7) is 1.65. The second-order valence-electron chi connectivity index (χ2n) is 5.79. The molecule has 9 heteroatoms. The molecule has 28 heavy (non-hydrogen) atoms. The summed E-state index contributed by atoms with van der Waals surface area (Å²) >= 11 is 11.8. The highest BCUT2D eigenvalue weighted by molar-refractivity contribution is 6.35. The molecule has 3 amide bonds. The Labute approximate surface area is 172 Å². The van der Waals surface area contributed by atoms with Crippen LogP contribution in [0.15, 0.2) is 42.5 Å². The van der Waals surface area contributed by atoms with Crippen LogP contribution in [0.4, 0.5) is 5.69 Å². The lowest BCUT2D eigenvalue weighted by Crippen LogP contribution is -2.41. The molecule has 7 nitrogen and oxygen atoms in total. The summed E-state index contributed by atoms with van der Waals surface area (Å²) in [7, 11) is 0. The summed E-state index contributed by atoms with van der Waals surface area (Å²) in [6, 6.07) is 11.2. The van der Waals surface area contributed by atoms with Gasteiger partial charge in [0.05, 0.1) is 11.6 Å². The molecular weight excluding hydrogens is 405 g/mol. The third-order valence-corrected chi connectivity index (χ3v) is 3.99. The van der Waals surface area contributed by atoms with E-state index in [2.05, 4.69) is 16.2 Å². The number of carbonyl (C=O) groups is 3. The summed E-state index contributed by atoms with van der Waals surface area (Å²) in [4.78, 5) is 35.0. The molecule has 0 atom stereocenters. The van der Waals surface area contributed by atoms with E-state index in [1.165, 1.54) is 13.0 Å². The van der Waals surface area contributed by atoms with Crippen LogP contribution in [0.1, 0.15) is 30.1 Å². The number of halogens is 2. The fourth-order valence-electron chi connectivity index (χ4n) is 2.21. The van der Waals surface area contributed by atoms with Crippen LogP contribution in [0.3, 0.4) is 0 Å². The number of amides is 3. The predicted molar refractivity (Wildman–Crippen MR) is 108 cm³/mol. The molecule has 0 unspecified atom stereocenters. The van der Waals surface area contributed by atoms with Crippen molar-refractivity contribution in [1.82, 2.24) is 10.9 Å². The first kappa shape index (κ1) is 21.5. The number of rotatable bonds is 7. The minimum atomic E-state index is -0.496. The number of nitrogens with one attached hydrogen (secondary N) is 3. The highest BCUT2D eigenvalue weighted by Gasteiger charge is 2.09. The van der Waals surface area contributed by atoms with E-state index in [1.54, 1.807) is 36.4 Å². The maximum absolute atomic E-state index is 12.1. The van der Waals surface area contributed by atoms with Crippen LogP contribution in [0.5, 0.6) is 5.75 Å². The van der Waals surface area contributed by atoms with Crippen LogP contribution >= 0.6 is 23.2 Å². The number of hydrazine groups is 1. The standard InChI is InChI=1S/C19H19Cl2N3O4/c1-12(25)22-15-5-2-4-13(10-15)19(27)24-23-18(26)6-3-9-28-17-8-7-14(20)11-16(17)21/h2,4-5,7-8,10-11H,3,6,9H2,1H3,(H,22,25)(H,23,26)(H,24,27). The number of hydrogen-bond acceptors (Lipinski definition) is 4. The van der Waals surface area contributed by atoms with Gasteiger partial charge in [-0.15, -0.1) is 0 Å². The first-order valence-corrected chi connectivity index (χ1v) is 9.15. The van der Waals surface area contributed by atoms with Gasteiger partial charge in [0.25, 0.3) is 5.91 Å². The predicted octanol–water partition coefficient (Wildman–Crippen LogP) is 3.57. The molecule has 0 heterocycles. The molecule has 0 aliphatic rings. The molecule has 3 N–H and O–H groups in total. The summed E-state index contributed by atoms with van der Waals surface area (Å²) in [5.74, 6) is -0.617. The van der Waals surface area contributed by atoms with Gasteiger partial charge in [-0.1, -0.05) is 29.3 Å². The minimum Gasteiger partial charge on any atom is -0.492 e. The number of ether oxygens (including phenoxy) is 1. The van der Waals surface area contributed by atoms with Gasteiger partial charge in [-0.25, -0.2) is 0 Å². The molecule has 0 aliphatic carbocycles. The molecule has 0 saturated heterocycles. The Morgan fingerprint density at radius 3 is 2.54 bits per heavy atom. The van der Waals surface area contributed by atoms with Crippen molar-refractivity contribution < 1.29 is 19.1 Å². The zero-order valence-corrected chi connectivity index (χ0v) is 16.6. The average molecular weight is 424 g/mol. The molecule has 0 radical (unpaired) electrons. The van der Waals surface area contributed by atoms with Gasteiger partial charge in [0.15, 0.2) is 0 Å². The van der Waals surface area contributed by atoms with E-state index < -0.39 is 5.91 Å². The van der Waals surface area contributed by atoms with E-state index in [4.69, 9.17) is 27.9 Å². The van der Waals surface area contributed by atoms with Crippen molar-refractivity contribution in [3.05, 3.63) is 58.1 Å². The molecule has 0 aromatic heterocycles. The molecular formula is C19H19Cl2N3O4. The number of anilines is 1. The van der Waals surface area contributed by atoms with Gasteiger partial charge in [0.1, 0.15) is 5.75 Å². The van der Waals surface area contributed by atoms with Crippen molar-refractivity contribution in [1.29, 1.82) is 0 Å². The lowest BCUT2D eigenvalue weighted by atomic mass is 10.2. The maximum Gasteiger partial charge on any atom is 0.269 e. The maximum atomic E-state index is 12.1. The Morgan fingerprint density at radius 2 is 1.82 bits per heavy atom. The number of carbonyl (C=O) groups excluding carboxylic acids is 3. The van der Waals surface area contributed by atoms with Crippen molar-refractivity contribution >= 4 is 46.6 Å². The largest absolute Gasteiger partial charge is 0.492 e. The molecule has 2 rings (SSSR count). The Bertz CT molecular complexity index is 874. The van der Waals surface area contributed by atoms with E-state index in [1.807, 2.05) is 0 Å². The molecule has 0 saturated carbocycles. The van der Waals surface area contributed by atoms with Gasteiger partial charge >= 0.3 is 0 Å². The minimum absolute atomic E-state index is 0.150. The zero-order valence-electron chi connectivity index (χ0n) is 15.1. The summed E-state index contributed by atoms with van der Waals surface area (Å²) in [5, 5.41) is 3.49. The topological polar surface area (TPSA) is 96.5 Å². The first-order chi connectivity index (χ1) is 13.3. The Hall–Kier alpha value is -2.77. The molecule has 0 aliphatic heterocycles. The van der Waals surface area contributed by atoms with Gasteiger partial charge in [0.2, 0.25) is 11.8 Å². The van der Waals surface area contributed by atoms with Crippen LogP contribution in [-0.4, -0.2) is 24.3 Å². The number of hydrogen-bond donors (Lipinski definition) is 3. The van der Waals surface area contributed by atoms with E-state index in [0.29, 0.717) is 33.5 Å². The first-order valence-electron chi connectivity index (χ1n) is 8.40. The highest BCUT2D eigenvalue weighted by Crippen LogP contribution is 2.27. The highest BCUT2D eigenvalue weighted by atomic mass is 35.5. The Morgan fingerprint density at radius 1 is 1.04 bits per heavy atom. The molecule has 148 valence electrons. The Balaban J connectivity index is 1.72. The average Bonchev–Trinajstić information content (AvgIpc) is 2.64. The molecule has 0 bridgehead atoms. The van der Waals surface area contributed by atoms with Gasteiger partial charge in [-0.05, 0) is 42.8 Å². The number of benzene rings is 2. The second kappa shape index (κ2) is 10.5. The van der Waals surface area contributed by atoms with Gasteiger partial charge in [0, 0.05) is 29.6 Å². The molecule has 0 spiro atoms. The monoisotopic (exact) mass is 423 g/mol. The van der Waals surface area contributed by atoms with Gasteiger partial charge in [-0.2, -0.15) is 0 Å². The van der Waals surface area contributed by atoms with Crippen molar-refractivity contribution in [2.24, 2.45) is 0 Å². The smallest absolute Gasteiger partial charge is 0.269 e. The van der Waals surface area contributed by atoms with Crippen LogP contribution in [-0.2, 0) is 9.59 Å². The van der Waals surface area contributed by atoms with Gasteiger partial charge in [-0.3, -0.25) is 25.2 Å². The second-order valence-corrected chi connectivity index (χ2v) is 6.63. The van der Waals surface area contributed by atoms with Gasteiger partial charge < -0.3 is 10.1 Å². The van der Waals surface area contributed by atoms with Crippen molar-refractivity contribution in [3.63, 3.8) is 0 Å². The molecule has 2 aromatic carbocycles. The normalized spacial score (nSPS) is 10.1. The van der Waals surface area contributed by atoms with Crippen LogP contribution in [0.2, 0.25) is 10.0 Å². The van der Waals surface area contributed by atoms with E-state index in [-0.39, 0.29) is 24.8 Å². The van der Waals surface area contributed by atoms with Crippen molar-refractivity contribution in [2.45, 2.75) is 19.8 Å². The van der Waals surface area contributed by atoms with E-state index in [9.17, 15) is 14.4 Å². The van der Waals surface area contributed by atoms with Crippen molar-refractivity contribution in [2.75, 3.05) is 11.9 Å². The van der Waals surface area contributed by atoms with E-state index >= 15 is 0 Å². The Kier molecular flexibility index (Phi) is 8.10. The molecule has 0 fully saturated rings. The van der Waals surface area contributed by atoms with Crippen molar-refractivity contribution in [3.8, 4) is 5.75 Å². The summed E-state index contributed by atoms with van der Waals surface area (Å²) in [6.07, 6.45) is 0.579. The SMILES string of the molecule is CC(=O)Nc1cccc(C(=O)NNC(=O)CCCOc2ccc(Cl)cc2Cl)c1. The van der Waals surface area contributed by atoms with Crippen LogP contribution in [0, 0.1) is 0 Å². The fraction of sp³-hybridized carbons (Fsp3) is 0.211. The third-order valence-electron chi connectivity index (χ3n) is 3.46. The quantitative estimate of drug-likeness (QED) is 0.468. The lowest BCUT2D eigenvalue weighted by Gasteiger charge is -2.10.